The molecule has 0 aliphatic heterocycles. The van der Waals surface area contributed by atoms with Gasteiger partial charge in [0.1, 0.15) is 5.84 Å². The summed E-state index contributed by atoms with van der Waals surface area (Å²) in [6, 6.07) is 16.0. The SMILES string of the molecule is Cc1cc(N(CCO)Cc2ccccc2)ccc1C(=N)N. The fourth-order valence-electron chi connectivity index (χ4n) is 2.37. The monoisotopic (exact) mass is 283 g/mol. The van der Waals surface area contributed by atoms with Crippen LogP contribution < -0.4 is 10.6 Å². The van der Waals surface area contributed by atoms with Gasteiger partial charge >= 0.3 is 0 Å². The molecule has 21 heavy (non-hydrogen) atoms. The molecular formula is C17H21N3O. The molecule has 110 valence electrons. The van der Waals surface area contributed by atoms with Gasteiger partial charge in [-0.3, -0.25) is 5.41 Å². The topological polar surface area (TPSA) is 73.3 Å². The molecule has 0 fully saturated rings. The lowest BCUT2D eigenvalue weighted by Crippen LogP contribution is -2.26. The zero-order chi connectivity index (χ0) is 15.2. The summed E-state index contributed by atoms with van der Waals surface area (Å²) < 4.78 is 0. The van der Waals surface area contributed by atoms with E-state index >= 15 is 0 Å². The number of hydrogen-bond donors (Lipinski definition) is 3. The molecule has 0 radical (unpaired) electrons. The van der Waals surface area contributed by atoms with Crippen LogP contribution in [0.25, 0.3) is 0 Å². The van der Waals surface area contributed by atoms with Gasteiger partial charge in [-0.25, -0.2) is 0 Å². The number of benzene rings is 2. The number of nitrogens with two attached hydrogens (primary N) is 1. The van der Waals surface area contributed by atoms with Crippen LogP contribution in [0.5, 0.6) is 0 Å². The fourth-order valence-corrected chi connectivity index (χ4v) is 2.37. The predicted octanol–water partition coefficient (Wildman–Crippen LogP) is 2.28. The zero-order valence-electron chi connectivity index (χ0n) is 12.2. The van der Waals surface area contributed by atoms with Gasteiger partial charge in [0.25, 0.3) is 0 Å². The van der Waals surface area contributed by atoms with Crippen molar-refractivity contribution in [2.45, 2.75) is 13.5 Å². The molecule has 0 atom stereocenters. The first kappa shape index (κ1) is 15.1. The van der Waals surface area contributed by atoms with E-state index in [2.05, 4.69) is 17.0 Å². The highest BCUT2D eigenvalue weighted by Crippen LogP contribution is 2.21. The number of aliphatic hydroxyl groups is 1. The minimum atomic E-state index is 0.0795. The second-order valence-corrected chi connectivity index (χ2v) is 5.04. The zero-order valence-corrected chi connectivity index (χ0v) is 12.2. The molecular weight excluding hydrogens is 262 g/mol. The first-order valence-corrected chi connectivity index (χ1v) is 6.96. The lowest BCUT2D eigenvalue weighted by molar-refractivity contribution is 0.301. The summed E-state index contributed by atoms with van der Waals surface area (Å²) in [5, 5.41) is 16.8. The van der Waals surface area contributed by atoms with Gasteiger partial charge in [0.05, 0.1) is 6.61 Å². The number of nitrogen functional groups attached to an aromatic ring is 1. The quantitative estimate of drug-likeness (QED) is 0.562. The average Bonchev–Trinajstić information content (AvgIpc) is 2.47. The van der Waals surface area contributed by atoms with Gasteiger partial charge in [0, 0.05) is 24.3 Å². The van der Waals surface area contributed by atoms with E-state index in [9.17, 15) is 5.11 Å². The third-order valence-electron chi connectivity index (χ3n) is 3.45. The number of nitrogens with zero attached hydrogens (tertiary/aromatic N) is 1. The molecule has 2 aromatic carbocycles. The molecule has 0 unspecified atom stereocenters. The Labute approximate surface area is 125 Å². The first-order valence-electron chi connectivity index (χ1n) is 6.96. The molecule has 0 spiro atoms. The standard InChI is InChI=1S/C17H21N3O/c1-13-11-15(7-8-16(13)17(18)19)20(9-10-21)12-14-5-3-2-4-6-14/h2-8,11,21H,9-10,12H2,1H3,(H3,18,19). The smallest absolute Gasteiger partial charge is 0.123 e. The third kappa shape index (κ3) is 3.83. The normalized spacial score (nSPS) is 10.4. The Morgan fingerprint density at radius 2 is 1.90 bits per heavy atom. The number of hydrogen-bond acceptors (Lipinski definition) is 3. The molecule has 2 rings (SSSR count). The average molecular weight is 283 g/mol. The van der Waals surface area contributed by atoms with Crippen LogP contribution >= 0.6 is 0 Å². The molecule has 4 heteroatoms. The summed E-state index contributed by atoms with van der Waals surface area (Å²) in [6.07, 6.45) is 0. The Balaban J connectivity index is 2.26. The van der Waals surface area contributed by atoms with Crippen LogP contribution in [0.4, 0.5) is 5.69 Å². The van der Waals surface area contributed by atoms with Crippen molar-refractivity contribution >= 4 is 11.5 Å². The Morgan fingerprint density at radius 1 is 1.19 bits per heavy atom. The highest BCUT2D eigenvalue weighted by Gasteiger charge is 2.09. The van der Waals surface area contributed by atoms with E-state index in [1.807, 2.05) is 43.3 Å². The van der Waals surface area contributed by atoms with E-state index in [1.54, 1.807) is 0 Å². The van der Waals surface area contributed by atoms with Crippen LogP contribution in [0, 0.1) is 12.3 Å². The van der Waals surface area contributed by atoms with Crippen molar-refractivity contribution in [3.05, 3.63) is 65.2 Å². The van der Waals surface area contributed by atoms with Crippen LogP contribution in [0.2, 0.25) is 0 Å². The second-order valence-electron chi connectivity index (χ2n) is 5.04. The maximum Gasteiger partial charge on any atom is 0.123 e. The minimum Gasteiger partial charge on any atom is -0.395 e. The summed E-state index contributed by atoms with van der Waals surface area (Å²) in [7, 11) is 0. The van der Waals surface area contributed by atoms with Crippen LogP contribution in [0.1, 0.15) is 16.7 Å². The molecule has 0 saturated carbocycles. The van der Waals surface area contributed by atoms with Gasteiger partial charge in [0.15, 0.2) is 0 Å². The first-order chi connectivity index (χ1) is 10.1. The van der Waals surface area contributed by atoms with Crippen molar-refractivity contribution in [2.75, 3.05) is 18.1 Å². The fraction of sp³-hybridized carbons (Fsp3) is 0.235. The lowest BCUT2D eigenvalue weighted by atomic mass is 10.1. The molecule has 2 aromatic rings. The van der Waals surface area contributed by atoms with Crippen molar-refractivity contribution in [3.63, 3.8) is 0 Å². The van der Waals surface area contributed by atoms with Gasteiger partial charge in [-0.15, -0.1) is 0 Å². The molecule has 0 aromatic heterocycles. The molecule has 0 aliphatic carbocycles. The highest BCUT2D eigenvalue weighted by atomic mass is 16.3. The van der Waals surface area contributed by atoms with Gasteiger partial charge in [-0.1, -0.05) is 30.3 Å². The molecule has 0 bridgehead atoms. The van der Waals surface area contributed by atoms with E-state index in [1.165, 1.54) is 5.56 Å². The van der Waals surface area contributed by atoms with Crippen LogP contribution in [-0.2, 0) is 6.54 Å². The van der Waals surface area contributed by atoms with Gasteiger partial charge in [-0.05, 0) is 36.2 Å². The Hall–Kier alpha value is -2.33. The van der Waals surface area contributed by atoms with E-state index in [4.69, 9.17) is 11.1 Å². The molecule has 0 amide bonds. The number of rotatable bonds is 6. The number of anilines is 1. The molecule has 0 aliphatic rings. The third-order valence-corrected chi connectivity index (χ3v) is 3.45. The molecule has 4 N–H and O–H groups in total. The Kier molecular flexibility index (Phi) is 4.95. The second kappa shape index (κ2) is 6.90. The molecule has 4 nitrogen and oxygen atoms in total. The van der Waals surface area contributed by atoms with Crippen molar-refractivity contribution < 1.29 is 5.11 Å². The summed E-state index contributed by atoms with van der Waals surface area (Å²) in [6.45, 7) is 3.34. The van der Waals surface area contributed by atoms with E-state index in [0.717, 1.165) is 23.4 Å². The lowest BCUT2D eigenvalue weighted by Gasteiger charge is -2.25. The van der Waals surface area contributed by atoms with Crippen LogP contribution in [0.3, 0.4) is 0 Å². The maximum absolute atomic E-state index is 9.29. The van der Waals surface area contributed by atoms with Crippen LogP contribution in [0.15, 0.2) is 48.5 Å². The van der Waals surface area contributed by atoms with Crippen molar-refractivity contribution in [3.8, 4) is 0 Å². The minimum absolute atomic E-state index is 0.0795. The summed E-state index contributed by atoms with van der Waals surface area (Å²) >= 11 is 0. The number of amidine groups is 1. The maximum atomic E-state index is 9.29. The van der Waals surface area contributed by atoms with Crippen molar-refractivity contribution in [1.82, 2.24) is 0 Å². The summed E-state index contributed by atoms with van der Waals surface area (Å²) in [5.74, 6) is 0.0795. The molecule has 0 saturated heterocycles. The van der Waals surface area contributed by atoms with Crippen molar-refractivity contribution in [1.29, 1.82) is 5.41 Å². The number of nitrogens with one attached hydrogen (secondary N) is 1. The van der Waals surface area contributed by atoms with E-state index < -0.39 is 0 Å². The highest BCUT2D eigenvalue weighted by molar-refractivity contribution is 5.96. The van der Waals surface area contributed by atoms with E-state index in [-0.39, 0.29) is 12.4 Å². The number of aliphatic hydroxyl groups excluding tert-OH is 1. The predicted molar refractivity (Wildman–Crippen MR) is 86.8 cm³/mol. The summed E-state index contributed by atoms with van der Waals surface area (Å²) in [5.41, 5.74) is 9.49. The van der Waals surface area contributed by atoms with Gasteiger partial charge in [-0.2, -0.15) is 0 Å². The number of aryl methyl sites for hydroxylation is 1. The van der Waals surface area contributed by atoms with Gasteiger partial charge in [0.2, 0.25) is 0 Å². The van der Waals surface area contributed by atoms with Crippen LogP contribution in [-0.4, -0.2) is 24.1 Å². The van der Waals surface area contributed by atoms with Gasteiger partial charge < -0.3 is 15.7 Å². The van der Waals surface area contributed by atoms with E-state index in [0.29, 0.717) is 6.54 Å². The van der Waals surface area contributed by atoms with Crippen molar-refractivity contribution in [2.24, 2.45) is 5.73 Å². The summed E-state index contributed by atoms with van der Waals surface area (Å²) in [4.78, 5) is 2.12. The Bertz CT molecular complexity index is 611. The largest absolute Gasteiger partial charge is 0.395 e. The molecule has 0 heterocycles. The Morgan fingerprint density at radius 3 is 2.48 bits per heavy atom.